The van der Waals surface area contributed by atoms with Gasteiger partial charge in [0.1, 0.15) is 0 Å². The van der Waals surface area contributed by atoms with Crippen LogP contribution in [-0.4, -0.2) is 30.7 Å². The minimum Gasteiger partial charge on any atom is -0.731 e. The van der Waals surface area contributed by atoms with Crippen molar-refractivity contribution in [1.82, 2.24) is 46.2 Å². The summed E-state index contributed by atoms with van der Waals surface area (Å²) in [6.45, 7) is 22.0. The molecule has 0 aliphatic heterocycles. The first kappa shape index (κ1) is 63.7. The number of halogens is 18. The molecule has 0 saturated carbocycles. The zero-order chi connectivity index (χ0) is 49.3. The molecule has 3 aromatic heterocycles. The van der Waals surface area contributed by atoms with Crippen LogP contribution >= 0.6 is 0 Å². The van der Waals surface area contributed by atoms with Crippen LogP contribution in [0.1, 0.15) is 89.8 Å². The minimum atomic E-state index is -5.19. The van der Waals surface area contributed by atoms with Crippen LogP contribution in [0.3, 0.4) is 0 Å². The minimum absolute atomic E-state index is 0. The molecule has 0 atom stereocenters. The molecule has 1 N–H and O–H groups in total. The Balaban J connectivity index is -0.000000712. The van der Waals surface area contributed by atoms with E-state index in [0.29, 0.717) is 0 Å². The molecule has 64 heavy (non-hydrogen) atoms. The van der Waals surface area contributed by atoms with Gasteiger partial charge in [0.05, 0.1) is 11.4 Å². The van der Waals surface area contributed by atoms with Gasteiger partial charge in [0.25, 0.3) is 0 Å². The fraction of sp³-hybridized carbons (Fsp3) is 0.500. The van der Waals surface area contributed by atoms with E-state index in [1.807, 2.05) is 0 Å². The van der Waals surface area contributed by atoms with Gasteiger partial charge in [0, 0.05) is 39.0 Å². The van der Waals surface area contributed by atoms with E-state index < -0.39 is 71.2 Å². The van der Waals surface area contributed by atoms with Gasteiger partial charge in [-0.2, -0.15) is 107 Å². The second-order valence-corrected chi connectivity index (χ2v) is 12.3. The van der Waals surface area contributed by atoms with E-state index in [9.17, 15) is 79.0 Å². The summed E-state index contributed by atoms with van der Waals surface area (Å²) in [7, 11) is 0. The normalized spacial score (nSPS) is 11.6. The van der Waals surface area contributed by atoms with E-state index >= 15 is 0 Å². The Kier molecular flexibility index (Phi) is 24.0. The van der Waals surface area contributed by atoms with Crippen molar-refractivity contribution in [2.45, 2.75) is 106 Å². The van der Waals surface area contributed by atoms with Gasteiger partial charge in [0.2, 0.25) is 0 Å². The Hall–Kier alpha value is -4.58. The Labute approximate surface area is 375 Å². The molecule has 2 radical (unpaired) electrons. The molecule has 32 heteroatoms. The van der Waals surface area contributed by atoms with Gasteiger partial charge in [-0.05, 0) is 10.4 Å². The average Bonchev–Trinajstić information content (AvgIpc) is 3.95. The molecule has 12 nitrogen and oxygen atoms in total. The molecule has 0 fully saturated rings. The fourth-order valence-corrected chi connectivity index (χ4v) is 4.58. The Bertz CT molecular complexity index is 1770. The van der Waals surface area contributed by atoms with Crippen molar-refractivity contribution in [2.75, 3.05) is 0 Å². The third kappa shape index (κ3) is 17.8. The first-order valence-electron chi connectivity index (χ1n) is 16.1. The van der Waals surface area contributed by atoms with Gasteiger partial charge in [-0.1, -0.05) is 34.6 Å². The second kappa shape index (κ2) is 24.1. The molecule has 5 aromatic rings. The monoisotopic (exact) mass is 1130 g/mol. The van der Waals surface area contributed by atoms with Crippen molar-refractivity contribution in [1.29, 1.82) is 5.53 Å². The van der Waals surface area contributed by atoms with E-state index in [0.717, 1.165) is 0 Å². The van der Waals surface area contributed by atoms with Crippen LogP contribution in [0.2, 0.25) is 0 Å². The SMILES string of the molecule is C[c-]1[c-](C)[c-](C)[c-](C)[c-]1C.Cc1c(C)c(C)[c-](C)c1C.FC(F)(F)c1n[n-]nc1C(F)(F)F.FC(F)(F)c1n[n-]nc1C(F)(F)F.FC(F)(F)c1nn[n-]c1C(F)(F)F.[N-]=[N+]=N.[Rh].[Rh]. The smallest absolute Gasteiger partial charge is 0.433 e. The number of nitrogens with one attached hydrogen (secondary N) is 1. The number of alkyl halides is 18. The molecule has 2 aromatic carbocycles. The van der Waals surface area contributed by atoms with Crippen molar-refractivity contribution in [2.24, 2.45) is 0 Å². The molecule has 0 amide bonds. The maximum Gasteiger partial charge on any atom is 0.433 e. The molecule has 372 valence electrons. The second-order valence-electron chi connectivity index (χ2n) is 12.3. The number of aromatic nitrogens is 9. The standard InChI is InChI=1S/2C10H15.3C4F6N3.HN3.2Rh/c2*1-6-7(2)9(4)10(5)8(6)3;3*5-3(6,7)1-2(4(8,9)10)12-13-11-1;1-3-2;;/h2*1-5H3;;;;1H;;/q-5;4*-1;;;. The maximum atomic E-state index is 11.8. The van der Waals surface area contributed by atoms with Crippen LogP contribution in [0.4, 0.5) is 79.0 Å². The van der Waals surface area contributed by atoms with E-state index in [1.54, 1.807) is 4.91 Å². The van der Waals surface area contributed by atoms with Crippen molar-refractivity contribution in [3.63, 3.8) is 0 Å². The van der Waals surface area contributed by atoms with Gasteiger partial charge in [-0.3, -0.25) is 5.21 Å². The number of hydrogen-bond donors (Lipinski definition) is 1. The van der Waals surface area contributed by atoms with E-state index in [1.165, 1.54) is 55.6 Å². The zero-order valence-electron chi connectivity index (χ0n) is 33.9. The number of nitrogens with zero attached hydrogens (tertiary/aromatic N) is 11. The van der Waals surface area contributed by atoms with Crippen LogP contribution in [0.5, 0.6) is 0 Å². The van der Waals surface area contributed by atoms with E-state index in [2.05, 4.69) is 115 Å². The Morgan fingerprint density at radius 2 is 0.672 bits per heavy atom. The van der Waals surface area contributed by atoms with Gasteiger partial charge in [-0.25, -0.2) is 34.6 Å². The van der Waals surface area contributed by atoms with E-state index in [4.69, 9.17) is 11.1 Å². The molecular weight excluding hydrogens is 1100 g/mol. The van der Waals surface area contributed by atoms with Crippen molar-refractivity contribution in [3.05, 3.63) is 100 Å². The molecule has 0 saturated heterocycles. The van der Waals surface area contributed by atoms with Gasteiger partial charge >= 0.3 is 37.1 Å². The summed E-state index contributed by atoms with van der Waals surface area (Å²) in [6.07, 6.45) is -31.1. The van der Waals surface area contributed by atoms with Crippen LogP contribution in [0.25, 0.3) is 10.4 Å². The van der Waals surface area contributed by atoms with Gasteiger partial charge in [0.15, 0.2) is 22.8 Å². The molecule has 0 bridgehead atoms. The first-order chi connectivity index (χ1) is 27.7. The van der Waals surface area contributed by atoms with Crippen LogP contribution < -0.4 is 15.5 Å². The Morgan fingerprint density at radius 1 is 0.453 bits per heavy atom. The summed E-state index contributed by atoms with van der Waals surface area (Å²) in [5, 5.41) is 20.4. The third-order valence-corrected chi connectivity index (χ3v) is 8.78. The van der Waals surface area contributed by atoms with Gasteiger partial charge in [-0.15, -0.1) is 5.53 Å². The number of hydrogen-bond acceptors (Lipinski definition) is 7. The average molecular weight is 1130 g/mol. The van der Waals surface area contributed by atoms with Crippen molar-refractivity contribution >= 4 is 0 Å². The summed E-state index contributed by atoms with van der Waals surface area (Å²) in [6, 6.07) is 0. The summed E-state index contributed by atoms with van der Waals surface area (Å²) in [5.41, 5.74) is 14.3. The van der Waals surface area contributed by atoms with Gasteiger partial charge < -0.3 is 68.8 Å². The molecular formula is C32H31F18N12Rh2-9. The fourth-order valence-electron chi connectivity index (χ4n) is 4.58. The number of rotatable bonds is 0. The quantitative estimate of drug-likeness (QED) is 0.0394. The summed E-state index contributed by atoms with van der Waals surface area (Å²) in [5.74, 6) is 0. The molecule has 0 spiro atoms. The van der Waals surface area contributed by atoms with E-state index in [-0.39, 0.29) is 39.0 Å². The van der Waals surface area contributed by atoms with Crippen LogP contribution in [0.15, 0.2) is 0 Å². The topological polar surface area (TPSA) is 180 Å². The largest absolute Gasteiger partial charge is 0.731 e. The molecule has 3 heterocycles. The first-order valence-corrected chi connectivity index (χ1v) is 16.1. The third-order valence-electron chi connectivity index (χ3n) is 8.78. The predicted octanol–water partition coefficient (Wildman–Crippen LogP) is 11.2. The summed E-state index contributed by atoms with van der Waals surface area (Å²) in [4.78, 5) is 1.75. The molecule has 0 unspecified atom stereocenters. The summed E-state index contributed by atoms with van der Waals surface area (Å²) >= 11 is 0. The Morgan fingerprint density at radius 3 is 0.812 bits per heavy atom. The molecule has 0 aliphatic rings. The molecule has 5 rings (SSSR count). The zero-order valence-corrected chi connectivity index (χ0v) is 37.2. The van der Waals surface area contributed by atoms with Crippen molar-refractivity contribution < 1.29 is 118 Å². The van der Waals surface area contributed by atoms with Crippen LogP contribution in [-0.2, 0) is 76.0 Å². The van der Waals surface area contributed by atoms with Crippen molar-refractivity contribution in [3.8, 4) is 0 Å². The molecule has 0 aliphatic carbocycles. The summed E-state index contributed by atoms with van der Waals surface area (Å²) < 4.78 is 212. The maximum absolute atomic E-state index is 11.8. The predicted molar refractivity (Wildman–Crippen MR) is 177 cm³/mol. The van der Waals surface area contributed by atoms with Crippen LogP contribution in [0, 0.1) is 74.8 Å².